The SMILES string of the molecule is c1ccc(-c2cc(-n3c4ccccc4c4ccc5c6ccccc6n(-c6ccccc6)c5c43)nc(-c3ccccc3)n2)cc1.c1ccc(-c2ccc(-c3cc(-n4c5ccccc5c5ccc6c7ccccc7n(-c7ccccc7)c6c54)nc(-c4ccccc4)n3)cc2)cc1.c1ccc(-c2cccc(-c3nc(-c4ccccc4)cc(-n4c5ccccc5c5ccc6c7ccccc7n(-c7ccccc7)c6c54)n3)c2)cc1. The molecule has 29 aromatic rings. The quantitative estimate of drug-likeness (QED) is 0.107. The number of para-hydroxylation sites is 9. The van der Waals surface area contributed by atoms with Gasteiger partial charge >= 0.3 is 0 Å². The Kier molecular flexibility index (Phi) is 20.6. The van der Waals surface area contributed by atoms with E-state index < -0.39 is 0 Å². The number of fused-ring (bicyclic) bond motifs is 21. The van der Waals surface area contributed by atoms with Crippen molar-refractivity contribution in [3.8, 4) is 125 Å². The first-order valence-corrected chi connectivity index (χ1v) is 48.7. The molecule has 0 saturated carbocycles. The number of benzene rings is 20. The van der Waals surface area contributed by atoms with Gasteiger partial charge in [-0.3, -0.25) is 13.7 Å². The molecule has 29 rings (SSSR count). The summed E-state index contributed by atoms with van der Waals surface area (Å²) in [6.07, 6.45) is 0. The molecule has 0 unspecified atom stereocenters. The maximum absolute atomic E-state index is 5.41. The number of rotatable bonds is 14. The summed E-state index contributed by atoms with van der Waals surface area (Å²) in [4.78, 5) is 31.5. The van der Waals surface area contributed by atoms with Gasteiger partial charge in [-0.2, -0.15) is 0 Å². The second-order valence-corrected chi connectivity index (χ2v) is 36.4. The van der Waals surface area contributed by atoms with Crippen LogP contribution < -0.4 is 0 Å². The van der Waals surface area contributed by atoms with Gasteiger partial charge in [-0.15, -0.1) is 0 Å². The zero-order valence-electron chi connectivity index (χ0n) is 78.0. The number of aromatic nitrogens is 12. The van der Waals surface area contributed by atoms with Crippen LogP contribution in [0.5, 0.6) is 0 Å². The highest BCUT2D eigenvalue weighted by molar-refractivity contribution is 6.27. The molecule has 12 heteroatoms. The van der Waals surface area contributed by atoms with Crippen LogP contribution >= 0.6 is 0 Å². The van der Waals surface area contributed by atoms with Crippen LogP contribution in [0.25, 0.3) is 256 Å². The Hall–Kier alpha value is -19.6. The Morgan fingerprint density at radius 2 is 0.312 bits per heavy atom. The van der Waals surface area contributed by atoms with Crippen LogP contribution in [0.3, 0.4) is 0 Å². The fraction of sp³-hybridized carbons (Fsp3) is 0. The average molecular weight is 1840 g/mol. The molecule has 0 aliphatic carbocycles. The predicted octanol–water partition coefficient (Wildman–Crippen LogP) is 33.3. The lowest BCUT2D eigenvalue weighted by molar-refractivity contribution is 1.05. The normalized spacial score (nSPS) is 11.6. The molecule has 20 aromatic carbocycles. The third-order valence-electron chi connectivity index (χ3n) is 28.0. The smallest absolute Gasteiger partial charge is 0.162 e. The Morgan fingerprint density at radius 3 is 0.604 bits per heavy atom. The first kappa shape index (κ1) is 83.8. The van der Waals surface area contributed by atoms with Crippen LogP contribution in [-0.2, 0) is 0 Å². The highest BCUT2D eigenvalue weighted by Crippen LogP contribution is 2.48. The van der Waals surface area contributed by atoms with E-state index in [0.29, 0.717) is 17.5 Å². The lowest BCUT2D eigenvalue weighted by atomic mass is 10.0. The second-order valence-electron chi connectivity index (χ2n) is 36.4. The fourth-order valence-corrected chi connectivity index (χ4v) is 21.6. The molecule has 9 heterocycles. The summed E-state index contributed by atoms with van der Waals surface area (Å²) in [5, 5.41) is 14.4. The molecule has 0 aliphatic rings. The topological polar surface area (TPSA) is 107 Å². The fourth-order valence-electron chi connectivity index (χ4n) is 21.6. The van der Waals surface area contributed by atoms with E-state index in [2.05, 4.69) is 488 Å². The molecular formula is C132H86N12. The minimum absolute atomic E-state index is 0.681. The molecule has 0 atom stereocenters. The molecule has 0 saturated heterocycles. The first-order valence-electron chi connectivity index (χ1n) is 48.7. The van der Waals surface area contributed by atoms with Crippen molar-refractivity contribution in [2.75, 3.05) is 0 Å². The highest BCUT2D eigenvalue weighted by atomic mass is 15.1. The highest BCUT2D eigenvalue weighted by Gasteiger charge is 2.29. The van der Waals surface area contributed by atoms with Crippen molar-refractivity contribution in [2.24, 2.45) is 0 Å². The van der Waals surface area contributed by atoms with Gasteiger partial charge in [-0.05, 0) is 101 Å². The number of hydrogen-bond donors (Lipinski definition) is 0. The second kappa shape index (κ2) is 35.5. The lowest BCUT2D eigenvalue weighted by Gasteiger charge is -2.14. The maximum Gasteiger partial charge on any atom is 0.162 e. The monoisotopic (exact) mass is 1840 g/mol. The summed E-state index contributed by atoms with van der Waals surface area (Å²) in [7, 11) is 0. The summed E-state index contributed by atoms with van der Waals surface area (Å²) in [5.41, 5.74) is 30.3. The molecule has 0 amide bonds. The van der Waals surface area contributed by atoms with Gasteiger partial charge in [0.15, 0.2) is 17.5 Å². The third kappa shape index (κ3) is 14.5. The van der Waals surface area contributed by atoms with Crippen molar-refractivity contribution >= 4 is 131 Å². The van der Waals surface area contributed by atoms with Gasteiger partial charge in [0.25, 0.3) is 0 Å². The largest absolute Gasteiger partial charge is 0.307 e. The Labute approximate surface area is 828 Å². The van der Waals surface area contributed by atoms with Crippen molar-refractivity contribution in [3.63, 3.8) is 0 Å². The first-order chi connectivity index (χ1) is 71.5. The van der Waals surface area contributed by atoms with Gasteiger partial charge in [0.2, 0.25) is 0 Å². The standard InChI is InChI=1S/2C46H30N4.C40H26N4/c1-4-15-31(16-5-1)33-19-14-20-34(29-33)46-47-40(32-17-6-2-7-18-32)30-43(48-46)50-42-26-13-11-24-37(42)39-28-27-38-36-23-10-12-25-41(36)49(44(38)45(39)50)35-21-8-3-9-22-35;1-4-14-31(15-5-1)32-24-26-33(27-25-32)40-30-43(48-46(47-40)34-16-6-2-7-17-34)50-42-23-13-11-21-37(42)39-29-28-38-36-20-10-12-22-41(36)49(44(38)45(39)50)35-18-8-3-9-19-35;1-4-14-27(15-5-1)34-26-37(42-40(41-34)28-16-6-2-7-17-28)44-36-23-13-11-21-31(36)33-25-24-32-30-20-10-12-22-35(30)43(38(32)39(33)44)29-18-8-3-9-19-29/h2*1-30H;1-26H. The zero-order valence-corrected chi connectivity index (χ0v) is 78.0. The van der Waals surface area contributed by atoms with Crippen molar-refractivity contribution in [1.29, 1.82) is 0 Å². The molecule has 0 N–H and O–H groups in total. The van der Waals surface area contributed by atoms with Crippen LogP contribution in [0.2, 0.25) is 0 Å². The summed E-state index contributed by atoms with van der Waals surface area (Å²) in [5.74, 6) is 4.55. The van der Waals surface area contributed by atoms with Crippen LogP contribution in [-0.4, -0.2) is 57.3 Å². The average Bonchev–Trinajstić information content (AvgIpc) is 1.55. The van der Waals surface area contributed by atoms with Gasteiger partial charge < -0.3 is 13.7 Å². The van der Waals surface area contributed by atoms with Crippen molar-refractivity contribution in [1.82, 2.24) is 57.3 Å². The van der Waals surface area contributed by atoms with Gasteiger partial charge in [-0.25, -0.2) is 29.9 Å². The molecule has 9 aromatic heterocycles. The Bertz CT molecular complexity index is 9920. The van der Waals surface area contributed by atoms with Crippen molar-refractivity contribution in [3.05, 3.63) is 522 Å². The van der Waals surface area contributed by atoms with Gasteiger partial charge in [0.05, 0.1) is 83.3 Å². The molecule has 144 heavy (non-hydrogen) atoms. The van der Waals surface area contributed by atoms with Crippen LogP contribution in [0.15, 0.2) is 522 Å². The Morgan fingerprint density at radius 1 is 0.118 bits per heavy atom. The van der Waals surface area contributed by atoms with Crippen molar-refractivity contribution in [2.45, 2.75) is 0 Å². The van der Waals surface area contributed by atoms with E-state index >= 15 is 0 Å². The van der Waals surface area contributed by atoms with Gasteiger partial charge in [-0.1, -0.05) is 425 Å². The zero-order chi connectivity index (χ0) is 95.1. The van der Waals surface area contributed by atoms with Crippen molar-refractivity contribution < 1.29 is 0 Å². The Balaban J connectivity index is 0.000000108. The van der Waals surface area contributed by atoms with Gasteiger partial charge in [0, 0.05) is 133 Å². The third-order valence-corrected chi connectivity index (χ3v) is 28.0. The molecule has 0 bridgehead atoms. The summed E-state index contributed by atoms with van der Waals surface area (Å²) >= 11 is 0. The van der Waals surface area contributed by atoms with E-state index in [-0.39, 0.29) is 0 Å². The molecule has 12 nitrogen and oxygen atoms in total. The molecule has 0 aliphatic heterocycles. The lowest BCUT2D eigenvalue weighted by Crippen LogP contribution is -2.04. The predicted molar refractivity (Wildman–Crippen MR) is 596 cm³/mol. The van der Waals surface area contributed by atoms with E-state index in [1.54, 1.807) is 0 Å². The van der Waals surface area contributed by atoms with E-state index in [9.17, 15) is 0 Å². The van der Waals surface area contributed by atoms with E-state index in [1.165, 1.54) is 92.3 Å². The van der Waals surface area contributed by atoms with Crippen LogP contribution in [0.1, 0.15) is 0 Å². The van der Waals surface area contributed by atoms with E-state index in [4.69, 9.17) is 29.9 Å². The molecule has 0 fully saturated rings. The van der Waals surface area contributed by atoms with E-state index in [1.807, 2.05) is 60.7 Å². The minimum Gasteiger partial charge on any atom is -0.307 e. The molecular weight excluding hydrogens is 1750 g/mol. The maximum atomic E-state index is 5.41. The summed E-state index contributed by atoms with van der Waals surface area (Å²) in [6, 6.07) is 184. The van der Waals surface area contributed by atoms with E-state index in [0.717, 1.165) is 146 Å². The summed E-state index contributed by atoms with van der Waals surface area (Å²) < 4.78 is 14.3. The molecule has 0 radical (unpaired) electrons. The van der Waals surface area contributed by atoms with Crippen LogP contribution in [0, 0.1) is 0 Å². The van der Waals surface area contributed by atoms with Gasteiger partial charge in [0.1, 0.15) is 17.5 Å². The van der Waals surface area contributed by atoms with Crippen LogP contribution in [0.4, 0.5) is 0 Å². The minimum atomic E-state index is 0.681. The molecule has 0 spiro atoms. The number of hydrogen-bond acceptors (Lipinski definition) is 6. The number of nitrogens with zero attached hydrogens (tertiary/aromatic N) is 12. The summed E-state index contributed by atoms with van der Waals surface area (Å²) in [6.45, 7) is 0. The molecule has 674 valence electrons.